The van der Waals surface area contributed by atoms with Gasteiger partial charge in [0.1, 0.15) is 6.61 Å². The number of ether oxygens (including phenoxy) is 1. The number of aromatic carboxylic acids is 1. The third kappa shape index (κ3) is 2.82. The monoisotopic (exact) mass is 225 g/mol. The zero-order chi connectivity index (χ0) is 11.4. The predicted octanol–water partition coefficient (Wildman–Crippen LogP) is 2.22. The summed E-state index contributed by atoms with van der Waals surface area (Å²) in [5.74, 6) is -0.601. The Kier molecular flexibility index (Phi) is 3.56. The van der Waals surface area contributed by atoms with Crippen molar-refractivity contribution in [1.29, 1.82) is 0 Å². The zero-order valence-electron chi connectivity index (χ0n) is 9.02. The van der Waals surface area contributed by atoms with E-state index in [0.717, 1.165) is 12.8 Å². The summed E-state index contributed by atoms with van der Waals surface area (Å²) in [5, 5.41) is 12.1. The Morgan fingerprint density at radius 2 is 2.25 bits per heavy atom. The van der Waals surface area contributed by atoms with Crippen molar-refractivity contribution >= 4 is 5.97 Å². The fraction of sp³-hybridized carbons (Fsp3) is 0.636. The van der Waals surface area contributed by atoms with Crippen molar-refractivity contribution in [3.05, 3.63) is 17.5 Å². The Labute approximate surface area is 93.4 Å². The molecule has 1 aliphatic rings. The molecule has 5 heteroatoms. The molecule has 0 atom stereocenters. The Balaban J connectivity index is 1.81. The van der Waals surface area contributed by atoms with Crippen LogP contribution in [0.15, 0.2) is 10.6 Å². The van der Waals surface area contributed by atoms with E-state index in [0.29, 0.717) is 12.4 Å². The molecule has 0 aliphatic heterocycles. The lowest BCUT2D eigenvalue weighted by molar-refractivity contribution is 0.00665. The number of hydrogen-bond acceptors (Lipinski definition) is 4. The van der Waals surface area contributed by atoms with Crippen LogP contribution < -0.4 is 0 Å². The molecule has 2 rings (SSSR count). The molecule has 0 unspecified atom stereocenters. The van der Waals surface area contributed by atoms with Crippen molar-refractivity contribution in [3.8, 4) is 0 Å². The van der Waals surface area contributed by atoms with Crippen LogP contribution in [0.3, 0.4) is 0 Å². The van der Waals surface area contributed by atoms with E-state index in [-0.39, 0.29) is 11.8 Å². The summed E-state index contributed by atoms with van der Waals surface area (Å²) < 4.78 is 10.5. The number of carbonyl (C=O) groups is 1. The van der Waals surface area contributed by atoms with E-state index in [1.165, 1.54) is 25.3 Å². The van der Waals surface area contributed by atoms with Gasteiger partial charge in [0.15, 0.2) is 11.5 Å². The summed E-state index contributed by atoms with van der Waals surface area (Å²) in [5.41, 5.74) is -0.0674. The average Bonchev–Trinajstić information content (AvgIpc) is 2.76. The van der Waals surface area contributed by atoms with Gasteiger partial charge in [-0.2, -0.15) is 0 Å². The van der Waals surface area contributed by atoms with Crippen molar-refractivity contribution in [2.75, 3.05) is 0 Å². The van der Waals surface area contributed by atoms with Gasteiger partial charge in [-0.05, 0) is 12.8 Å². The number of rotatable bonds is 4. The van der Waals surface area contributed by atoms with Crippen molar-refractivity contribution in [3.63, 3.8) is 0 Å². The number of carboxylic acid groups (broad SMARTS) is 1. The lowest BCUT2D eigenvalue weighted by Crippen LogP contribution is -2.16. The van der Waals surface area contributed by atoms with Crippen LogP contribution in [0.25, 0.3) is 0 Å². The van der Waals surface area contributed by atoms with Crippen LogP contribution in [0.5, 0.6) is 0 Å². The first-order valence-electron chi connectivity index (χ1n) is 5.56. The highest BCUT2D eigenvalue weighted by Crippen LogP contribution is 2.21. The lowest BCUT2D eigenvalue weighted by atomic mass is 9.98. The molecule has 0 saturated heterocycles. The lowest BCUT2D eigenvalue weighted by Gasteiger charge is -2.21. The predicted molar refractivity (Wildman–Crippen MR) is 55.1 cm³/mol. The van der Waals surface area contributed by atoms with Crippen LogP contribution in [-0.2, 0) is 11.3 Å². The fourth-order valence-corrected chi connectivity index (χ4v) is 1.91. The molecule has 5 nitrogen and oxygen atoms in total. The number of carboxylic acids is 1. The third-order valence-corrected chi connectivity index (χ3v) is 2.79. The number of aromatic nitrogens is 1. The normalized spacial score (nSPS) is 17.5. The average molecular weight is 225 g/mol. The van der Waals surface area contributed by atoms with Gasteiger partial charge in [0, 0.05) is 6.07 Å². The first-order chi connectivity index (χ1) is 7.75. The van der Waals surface area contributed by atoms with Gasteiger partial charge in [-0.1, -0.05) is 24.4 Å². The smallest absolute Gasteiger partial charge is 0.358 e. The van der Waals surface area contributed by atoms with Crippen molar-refractivity contribution in [2.45, 2.75) is 44.8 Å². The quantitative estimate of drug-likeness (QED) is 0.850. The molecule has 88 valence electrons. The molecule has 1 aromatic heterocycles. The number of hydrogen-bond donors (Lipinski definition) is 1. The maximum atomic E-state index is 10.6. The molecule has 0 aromatic carbocycles. The van der Waals surface area contributed by atoms with Crippen molar-refractivity contribution < 1.29 is 19.2 Å². The van der Waals surface area contributed by atoms with Crippen LogP contribution in [0.2, 0.25) is 0 Å². The first kappa shape index (κ1) is 11.1. The van der Waals surface area contributed by atoms with Crippen LogP contribution in [-0.4, -0.2) is 22.3 Å². The molecule has 1 fully saturated rings. The third-order valence-electron chi connectivity index (χ3n) is 2.79. The van der Waals surface area contributed by atoms with Crippen molar-refractivity contribution in [2.24, 2.45) is 0 Å². The first-order valence-corrected chi connectivity index (χ1v) is 5.56. The van der Waals surface area contributed by atoms with Crippen LogP contribution in [0, 0.1) is 0 Å². The largest absolute Gasteiger partial charge is 0.476 e. The van der Waals surface area contributed by atoms with Gasteiger partial charge in [-0.3, -0.25) is 0 Å². The van der Waals surface area contributed by atoms with E-state index >= 15 is 0 Å². The molecule has 1 heterocycles. The van der Waals surface area contributed by atoms with Gasteiger partial charge >= 0.3 is 5.97 Å². The number of nitrogens with zero attached hydrogens (tertiary/aromatic N) is 1. The minimum Gasteiger partial charge on any atom is -0.476 e. The van der Waals surface area contributed by atoms with Gasteiger partial charge in [-0.15, -0.1) is 0 Å². The molecule has 1 aliphatic carbocycles. The molecule has 0 spiro atoms. The summed E-state index contributed by atoms with van der Waals surface area (Å²) >= 11 is 0. The van der Waals surface area contributed by atoms with Crippen molar-refractivity contribution in [1.82, 2.24) is 5.16 Å². The molecule has 16 heavy (non-hydrogen) atoms. The molecule has 0 amide bonds. The minimum atomic E-state index is -1.08. The molecule has 0 bridgehead atoms. The topological polar surface area (TPSA) is 72.6 Å². The van der Waals surface area contributed by atoms with E-state index in [2.05, 4.69) is 5.16 Å². The van der Waals surface area contributed by atoms with Crippen LogP contribution in [0.4, 0.5) is 0 Å². The second-order valence-corrected chi connectivity index (χ2v) is 4.05. The zero-order valence-corrected chi connectivity index (χ0v) is 9.02. The minimum absolute atomic E-state index is 0.0674. The van der Waals surface area contributed by atoms with Gasteiger partial charge in [0.25, 0.3) is 0 Å². The summed E-state index contributed by atoms with van der Waals surface area (Å²) in [4.78, 5) is 10.6. The van der Waals surface area contributed by atoms with E-state index in [1.54, 1.807) is 0 Å². The maximum Gasteiger partial charge on any atom is 0.358 e. The highest BCUT2D eigenvalue weighted by molar-refractivity contribution is 5.85. The van der Waals surface area contributed by atoms with Gasteiger partial charge in [0.2, 0.25) is 0 Å². The van der Waals surface area contributed by atoms with Gasteiger partial charge in [-0.25, -0.2) is 4.79 Å². The molecular formula is C11H15NO4. The van der Waals surface area contributed by atoms with Crippen LogP contribution in [0.1, 0.15) is 48.4 Å². The Hall–Kier alpha value is -1.36. The fourth-order valence-electron chi connectivity index (χ4n) is 1.91. The standard InChI is InChI=1S/C11H15NO4/c13-11(14)10-6-9(16-12-10)7-15-8-4-2-1-3-5-8/h6,8H,1-5,7H2,(H,13,14). The highest BCUT2D eigenvalue weighted by atomic mass is 16.5. The summed E-state index contributed by atoms with van der Waals surface area (Å²) in [6.07, 6.45) is 6.15. The van der Waals surface area contributed by atoms with Crippen LogP contribution >= 0.6 is 0 Å². The molecule has 1 N–H and O–H groups in total. The maximum absolute atomic E-state index is 10.6. The van der Waals surface area contributed by atoms with E-state index < -0.39 is 5.97 Å². The summed E-state index contributed by atoms with van der Waals surface area (Å²) in [6.45, 7) is 0.310. The molecular weight excluding hydrogens is 210 g/mol. The Morgan fingerprint density at radius 3 is 2.88 bits per heavy atom. The Bertz CT molecular complexity index is 355. The summed E-state index contributed by atoms with van der Waals surface area (Å²) in [6, 6.07) is 1.41. The molecule has 1 saturated carbocycles. The summed E-state index contributed by atoms with van der Waals surface area (Å²) in [7, 11) is 0. The van der Waals surface area contributed by atoms with E-state index in [9.17, 15) is 4.79 Å². The SMILES string of the molecule is O=C(O)c1cc(COC2CCCCC2)on1. The van der Waals surface area contributed by atoms with E-state index in [4.69, 9.17) is 14.4 Å². The van der Waals surface area contributed by atoms with E-state index in [1.807, 2.05) is 0 Å². The van der Waals surface area contributed by atoms with Gasteiger partial charge in [0.05, 0.1) is 6.10 Å². The van der Waals surface area contributed by atoms with Gasteiger partial charge < -0.3 is 14.4 Å². The Morgan fingerprint density at radius 1 is 1.50 bits per heavy atom. The second kappa shape index (κ2) is 5.12. The highest BCUT2D eigenvalue weighted by Gasteiger charge is 2.16. The molecule has 1 aromatic rings. The second-order valence-electron chi connectivity index (χ2n) is 4.05. The molecule has 0 radical (unpaired) electrons.